The lowest BCUT2D eigenvalue weighted by Gasteiger charge is -2.09. The monoisotopic (exact) mass is 316 g/mol. The number of hydrogen-bond donors (Lipinski definition) is 2. The van der Waals surface area contributed by atoms with E-state index >= 15 is 0 Å². The quantitative estimate of drug-likeness (QED) is 0.721. The van der Waals surface area contributed by atoms with Gasteiger partial charge in [0.2, 0.25) is 5.28 Å². The minimum absolute atomic E-state index is 0.0560. The van der Waals surface area contributed by atoms with E-state index in [1.165, 1.54) is 0 Å². The summed E-state index contributed by atoms with van der Waals surface area (Å²) in [6.45, 7) is -0.120. The van der Waals surface area contributed by atoms with Crippen LogP contribution in [0.3, 0.4) is 0 Å². The Morgan fingerprint density at radius 1 is 1.18 bits per heavy atom. The van der Waals surface area contributed by atoms with E-state index in [9.17, 15) is 5.11 Å². The maximum absolute atomic E-state index is 9.41. The predicted octanol–water partition coefficient (Wildman–Crippen LogP) is 2.43. The average Bonchev–Trinajstić information content (AvgIpc) is 2.53. The Morgan fingerprint density at radius 2 is 2.00 bits per heavy atom. The van der Waals surface area contributed by atoms with Crippen LogP contribution < -0.4 is 10.5 Å². The summed E-state index contributed by atoms with van der Waals surface area (Å²) in [4.78, 5) is 12.4. The Bertz CT molecular complexity index is 854. The zero-order valence-electron chi connectivity index (χ0n) is 11.7. The first-order valence-corrected chi connectivity index (χ1v) is 6.88. The van der Waals surface area contributed by atoms with Crippen molar-refractivity contribution in [2.24, 2.45) is 0 Å². The maximum atomic E-state index is 9.41. The predicted molar refractivity (Wildman–Crippen MR) is 84.7 cm³/mol. The van der Waals surface area contributed by atoms with Crippen molar-refractivity contribution in [3.8, 4) is 17.0 Å². The van der Waals surface area contributed by atoms with E-state index in [1.54, 1.807) is 19.2 Å². The summed E-state index contributed by atoms with van der Waals surface area (Å²) in [6, 6.07) is 9.08. The van der Waals surface area contributed by atoms with Gasteiger partial charge in [0.05, 0.1) is 24.8 Å². The number of methoxy groups -OCH3 is 1. The van der Waals surface area contributed by atoms with Crippen molar-refractivity contribution < 1.29 is 9.84 Å². The smallest absolute Gasteiger partial charge is 0.226 e. The van der Waals surface area contributed by atoms with Gasteiger partial charge in [-0.25, -0.2) is 9.97 Å². The summed E-state index contributed by atoms with van der Waals surface area (Å²) in [6.07, 6.45) is 0. The van der Waals surface area contributed by atoms with Crippen molar-refractivity contribution >= 4 is 28.5 Å². The summed E-state index contributed by atoms with van der Waals surface area (Å²) < 4.78 is 5.19. The first-order valence-electron chi connectivity index (χ1n) is 6.50. The second kappa shape index (κ2) is 5.75. The van der Waals surface area contributed by atoms with Crippen LogP contribution in [-0.4, -0.2) is 27.2 Å². The molecule has 0 saturated heterocycles. The third kappa shape index (κ3) is 2.54. The molecule has 22 heavy (non-hydrogen) atoms. The van der Waals surface area contributed by atoms with Crippen LogP contribution in [0, 0.1) is 0 Å². The van der Waals surface area contributed by atoms with Gasteiger partial charge in [-0.2, -0.15) is 4.98 Å². The third-order valence-corrected chi connectivity index (χ3v) is 3.48. The molecule has 0 atom stereocenters. The van der Waals surface area contributed by atoms with Gasteiger partial charge in [0, 0.05) is 11.1 Å². The zero-order chi connectivity index (χ0) is 15.7. The van der Waals surface area contributed by atoms with Gasteiger partial charge < -0.3 is 15.6 Å². The second-order valence-corrected chi connectivity index (χ2v) is 4.97. The number of rotatable bonds is 3. The molecule has 0 saturated carbocycles. The first-order chi connectivity index (χ1) is 10.6. The highest BCUT2D eigenvalue weighted by molar-refractivity contribution is 6.28. The Hall–Kier alpha value is -2.44. The molecule has 0 bridgehead atoms. The largest absolute Gasteiger partial charge is 0.496 e. The summed E-state index contributed by atoms with van der Waals surface area (Å²) in [5.74, 6) is 0.918. The number of benzene rings is 1. The van der Waals surface area contributed by atoms with Crippen molar-refractivity contribution in [1.82, 2.24) is 15.0 Å². The highest BCUT2D eigenvalue weighted by Crippen LogP contribution is 2.27. The molecule has 3 rings (SSSR count). The number of halogens is 1. The van der Waals surface area contributed by atoms with Gasteiger partial charge in [0.15, 0.2) is 5.65 Å². The first kappa shape index (κ1) is 14.5. The Labute approximate surface area is 131 Å². The van der Waals surface area contributed by atoms with Crippen LogP contribution in [0.25, 0.3) is 22.3 Å². The molecule has 0 fully saturated rings. The Morgan fingerprint density at radius 3 is 2.73 bits per heavy atom. The number of fused-ring (bicyclic) bond motifs is 1. The Balaban J connectivity index is 2.14. The molecular formula is C15H13ClN4O2. The number of nitrogens with two attached hydrogens (primary N) is 1. The molecule has 0 amide bonds. The van der Waals surface area contributed by atoms with Crippen molar-refractivity contribution in [2.45, 2.75) is 6.61 Å². The number of pyridine rings is 1. The number of anilines is 1. The molecule has 0 unspecified atom stereocenters. The fourth-order valence-electron chi connectivity index (χ4n) is 2.23. The molecule has 0 aliphatic heterocycles. The van der Waals surface area contributed by atoms with Gasteiger partial charge in [0.1, 0.15) is 11.6 Å². The highest BCUT2D eigenvalue weighted by atomic mass is 35.5. The van der Waals surface area contributed by atoms with Crippen molar-refractivity contribution in [2.75, 3.05) is 12.8 Å². The van der Waals surface area contributed by atoms with Gasteiger partial charge in [-0.15, -0.1) is 0 Å². The molecule has 0 aliphatic rings. The molecule has 1 aromatic carbocycles. The summed E-state index contributed by atoms with van der Waals surface area (Å²) in [5.41, 5.74) is 8.44. The molecule has 0 aliphatic carbocycles. The minimum atomic E-state index is -0.120. The number of aliphatic hydroxyl groups is 1. The minimum Gasteiger partial charge on any atom is -0.496 e. The van der Waals surface area contributed by atoms with Gasteiger partial charge in [-0.3, -0.25) is 0 Å². The molecule has 3 aromatic rings. The lowest BCUT2D eigenvalue weighted by Crippen LogP contribution is -1.98. The Kier molecular flexibility index (Phi) is 3.79. The van der Waals surface area contributed by atoms with Crippen LogP contribution in [0.1, 0.15) is 5.56 Å². The van der Waals surface area contributed by atoms with E-state index < -0.39 is 0 Å². The van der Waals surface area contributed by atoms with E-state index in [-0.39, 0.29) is 11.9 Å². The van der Waals surface area contributed by atoms with Gasteiger partial charge in [-0.1, -0.05) is 0 Å². The number of ether oxygens (including phenoxy) is 1. The van der Waals surface area contributed by atoms with Crippen molar-refractivity contribution in [3.05, 3.63) is 41.2 Å². The fourth-order valence-corrected chi connectivity index (χ4v) is 2.40. The average molecular weight is 317 g/mol. The summed E-state index contributed by atoms with van der Waals surface area (Å²) >= 11 is 5.82. The fraction of sp³-hybridized carbons (Fsp3) is 0.133. The molecular weight excluding hydrogens is 304 g/mol. The standard InChI is InChI=1S/C15H13ClN4O2/c1-22-12-5-2-8(6-9(12)7-21)11-4-3-10-13(17)19-15(16)20-14(10)18-11/h2-6,21H,7H2,1H3,(H2,17,18,19,20). The summed E-state index contributed by atoms with van der Waals surface area (Å²) in [5, 5.41) is 10.1. The van der Waals surface area contributed by atoms with E-state index in [0.29, 0.717) is 33.9 Å². The number of aromatic nitrogens is 3. The van der Waals surface area contributed by atoms with Gasteiger partial charge >= 0.3 is 0 Å². The highest BCUT2D eigenvalue weighted by Gasteiger charge is 2.10. The zero-order valence-corrected chi connectivity index (χ0v) is 12.5. The molecule has 2 aromatic heterocycles. The lowest BCUT2D eigenvalue weighted by molar-refractivity contribution is 0.274. The molecule has 0 radical (unpaired) electrons. The molecule has 112 valence electrons. The second-order valence-electron chi connectivity index (χ2n) is 4.63. The van der Waals surface area contributed by atoms with Crippen LogP contribution in [0.2, 0.25) is 5.28 Å². The van der Waals surface area contributed by atoms with E-state index in [0.717, 1.165) is 5.56 Å². The molecule has 2 heterocycles. The van der Waals surface area contributed by atoms with Crippen molar-refractivity contribution in [3.63, 3.8) is 0 Å². The number of aliphatic hydroxyl groups excluding tert-OH is 1. The maximum Gasteiger partial charge on any atom is 0.226 e. The van der Waals surface area contributed by atoms with Crippen LogP contribution in [0.4, 0.5) is 5.82 Å². The number of nitrogen functional groups attached to an aromatic ring is 1. The van der Waals surface area contributed by atoms with Crippen LogP contribution in [0.5, 0.6) is 5.75 Å². The molecule has 3 N–H and O–H groups in total. The normalized spacial score (nSPS) is 10.9. The van der Waals surface area contributed by atoms with E-state index in [1.807, 2.05) is 18.2 Å². The number of hydrogen-bond acceptors (Lipinski definition) is 6. The topological polar surface area (TPSA) is 94.2 Å². The summed E-state index contributed by atoms with van der Waals surface area (Å²) in [7, 11) is 1.56. The molecule has 7 heteroatoms. The van der Waals surface area contributed by atoms with Gasteiger partial charge in [0.25, 0.3) is 0 Å². The van der Waals surface area contributed by atoms with Crippen LogP contribution >= 0.6 is 11.6 Å². The van der Waals surface area contributed by atoms with Crippen LogP contribution in [0.15, 0.2) is 30.3 Å². The number of nitrogens with zero attached hydrogens (tertiary/aromatic N) is 3. The molecule has 6 nitrogen and oxygen atoms in total. The SMILES string of the molecule is COc1ccc(-c2ccc3c(N)nc(Cl)nc3n2)cc1CO. The van der Waals surface area contributed by atoms with E-state index in [4.69, 9.17) is 22.1 Å². The molecule has 0 spiro atoms. The third-order valence-electron chi connectivity index (χ3n) is 3.31. The van der Waals surface area contributed by atoms with E-state index in [2.05, 4.69) is 15.0 Å². The van der Waals surface area contributed by atoms with Gasteiger partial charge in [-0.05, 0) is 41.9 Å². The van der Waals surface area contributed by atoms with Crippen molar-refractivity contribution in [1.29, 1.82) is 0 Å². The van der Waals surface area contributed by atoms with Crippen LogP contribution in [-0.2, 0) is 6.61 Å². The lowest BCUT2D eigenvalue weighted by atomic mass is 10.1.